The number of nitrogen functional groups attached to an aromatic ring is 1. The molecule has 0 saturated carbocycles. The number of hydrogen-bond donors (Lipinski definition) is 4. The van der Waals surface area contributed by atoms with Gasteiger partial charge in [-0.1, -0.05) is 41.7 Å². The summed E-state index contributed by atoms with van der Waals surface area (Å²) >= 11 is 0.956. The highest BCUT2D eigenvalue weighted by molar-refractivity contribution is 8.56. The zero-order valence-electron chi connectivity index (χ0n) is 21.3. The first-order valence-electron chi connectivity index (χ1n) is 12.0. The number of hydrogen-bond acceptors (Lipinski definition) is 13. The molecule has 0 amide bonds. The average molecular weight is 581 g/mol. The smallest absolute Gasteiger partial charge is 0.327 e. The Morgan fingerprint density at radius 3 is 2.85 bits per heavy atom. The number of aromatic nitrogens is 4. The molecule has 2 aliphatic heterocycles. The summed E-state index contributed by atoms with van der Waals surface area (Å²) in [7, 11) is 1.41. The van der Waals surface area contributed by atoms with Crippen molar-refractivity contribution in [3.8, 4) is 5.88 Å². The molecule has 14 nitrogen and oxygen atoms in total. The van der Waals surface area contributed by atoms with E-state index in [0.29, 0.717) is 0 Å². The fourth-order valence-electron chi connectivity index (χ4n) is 4.45. The molecule has 5 N–H and O–H groups in total. The molecule has 5 rings (SSSR count). The first-order chi connectivity index (χ1) is 18.5. The molecular formula is C23H29N6O8PS. The second-order valence-corrected chi connectivity index (χ2v) is 13.7. The maximum absolute atomic E-state index is 13.3. The van der Waals surface area contributed by atoms with Gasteiger partial charge in [0.25, 0.3) is 0 Å². The van der Waals surface area contributed by atoms with Crippen LogP contribution in [0.4, 0.5) is 5.95 Å². The second-order valence-electron chi connectivity index (χ2n) is 9.37. The number of carbonyl (C=O) groups is 1. The van der Waals surface area contributed by atoms with Gasteiger partial charge < -0.3 is 34.7 Å². The highest BCUT2D eigenvalue weighted by Gasteiger charge is 2.54. The molecule has 0 bridgehead atoms. The van der Waals surface area contributed by atoms with Crippen molar-refractivity contribution in [2.24, 2.45) is 0 Å². The number of rotatable bonds is 8. The Kier molecular flexibility index (Phi) is 7.59. The van der Waals surface area contributed by atoms with E-state index in [1.807, 2.05) is 30.3 Å². The summed E-state index contributed by atoms with van der Waals surface area (Å²) in [5, 5.41) is 24.7. The number of fused-ring (bicyclic) bond motifs is 1. The Labute approximate surface area is 227 Å². The Hall–Kier alpha value is -2.78. The van der Waals surface area contributed by atoms with Gasteiger partial charge in [0, 0.05) is 5.75 Å². The van der Waals surface area contributed by atoms with E-state index in [1.165, 1.54) is 24.9 Å². The zero-order valence-corrected chi connectivity index (χ0v) is 23.0. The summed E-state index contributed by atoms with van der Waals surface area (Å²) in [6, 6.07) is 8.43. The molecule has 1 aromatic carbocycles. The van der Waals surface area contributed by atoms with E-state index in [0.717, 1.165) is 16.9 Å². The van der Waals surface area contributed by atoms with E-state index in [-0.39, 0.29) is 35.4 Å². The predicted molar refractivity (Wildman–Crippen MR) is 141 cm³/mol. The largest absolute Gasteiger partial charge is 0.479 e. The molecule has 2 aromatic heterocycles. The van der Waals surface area contributed by atoms with E-state index >= 15 is 0 Å². The molecule has 0 aliphatic carbocycles. The lowest BCUT2D eigenvalue weighted by atomic mass is 9.96. The number of methoxy groups -OCH3 is 1. The maximum Gasteiger partial charge on any atom is 0.327 e. The molecule has 0 spiro atoms. The number of anilines is 1. The van der Waals surface area contributed by atoms with Crippen molar-refractivity contribution in [3.63, 3.8) is 0 Å². The molecule has 0 radical (unpaired) electrons. The van der Waals surface area contributed by atoms with Crippen molar-refractivity contribution in [1.82, 2.24) is 24.6 Å². The third-order valence-electron chi connectivity index (χ3n) is 6.59. The van der Waals surface area contributed by atoms with Crippen LogP contribution in [0.5, 0.6) is 5.88 Å². The van der Waals surface area contributed by atoms with E-state index < -0.39 is 48.9 Å². The molecule has 210 valence electrons. The monoisotopic (exact) mass is 580 g/mol. The molecule has 16 heteroatoms. The van der Waals surface area contributed by atoms with Crippen LogP contribution in [0.15, 0.2) is 36.7 Å². The predicted octanol–water partition coefficient (Wildman–Crippen LogP) is 1.56. The van der Waals surface area contributed by atoms with Gasteiger partial charge in [0.15, 0.2) is 17.4 Å². The first kappa shape index (κ1) is 27.8. The van der Waals surface area contributed by atoms with Gasteiger partial charge in [-0.2, -0.15) is 9.97 Å². The van der Waals surface area contributed by atoms with Crippen LogP contribution in [-0.2, 0) is 23.4 Å². The molecule has 2 unspecified atom stereocenters. The normalized spacial score (nSPS) is 31.4. The molecule has 2 fully saturated rings. The number of carbonyl (C=O) groups excluding carboxylic acids is 1. The molecule has 3 aromatic rings. The lowest BCUT2D eigenvalue weighted by Crippen LogP contribution is -2.44. The van der Waals surface area contributed by atoms with Crippen LogP contribution < -0.4 is 15.6 Å². The number of nitrogens with one attached hydrogen (secondary N) is 1. The van der Waals surface area contributed by atoms with E-state index in [4.69, 9.17) is 24.5 Å². The van der Waals surface area contributed by atoms with Crippen LogP contribution in [0.25, 0.3) is 11.2 Å². The summed E-state index contributed by atoms with van der Waals surface area (Å²) in [6.07, 6.45) is -2.75. The fourth-order valence-corrected chi connectivity index (χ4v) is 8.33. The molecule has 2 aliphatic rings. The van der Waals surface area contributed by atoms with Gasteiger partial charge in [0.05, 0.1) is 20.0 Å². The van der Waals surface area contributed by atoms with Crippen LogP contribution in [-0.4, -0.2) is 79.0 Å². The summed E-state index contributed by atoms with van der Waals surface area (Å²) in [6.45, 7) is -0.719. The van der Waals surface area contributed by atoms with Crippen molar-refractivity contribution in [3.05, 3.63) is 42.2 Å². The lowest BCUT2D eigenvalue weighted by Gasteiger charge is -2.27. The van der Waals surface area contributed by atoms with Crippen molar-refractivity contribution >= 4 is 41.2 Å². The van der Waals surface area contributed by atoms with Crippen LogP contribution >= 0.6 is 18.1 Å². The third-order valence-corrected chi connectivity index (χ3v) is 10.6. The number of esters is 1. The van der Waals surface area contributed by atoms with Crippen LogP contribution in [0.2, 0.25) is 0 Å². The van der Waals surface area contributed by atoms with Crippen LogP contribution in [0, 0.1) is 0 Å². The summed E-state index contributed by atoms with van der Waals surface area (Å²) < 4.78 is 37.0. The number of ether oxygens (including phenoxy) is 3. The lowest BCUT2D eigenvalue weighted by molar-refractivity contribution is -0.150. The second kappa shape index (κ2) is 10.7. The molecule has 39 heavy (non-hydrogen) atoms. The molecule has 4 heterocycles. The highest BCUT2D eigenvalue weighted by atomic mass is 32.7. The number of nitrogens with zero attached hydrogens (tertiary/aromatic N) is 4. The van der Waals surface area contributed by atoms with E-state index in [1.54, 1.807) is 6.92 Å². The Morgan fingerprint density at radius 1 is 1.38 bits per heavy atom. The summed E-state index contributed by atoms with van der Waals surface area (Å²) in [4.78, 5) is 25.0. The highest BCUT2D eigenvalue weighted by Crippen LogP contribution is 2.61. The van der Waals surface area contributed by atoms with Crippen molar-refractivity contribution in [2.75, 3.05) is 25.2 Å². The van der Waals surface area contributed by atoms with Crippen LogP contribution in [0.3, 0.4) is 0 Å². The minimum absolute atomic E-state index is 0.0761. The zero-order chi connectivity index (χ0) is 27.9. The number of aliphatic hydroxyl groups excluding tert-OH is 1. The van der Waals surface area contributed by atoms with Crippen molar-refractivity contribution in [1.29, 1.82) is 0 Å². The van der Waals surface area contributed by atoms with Crippen LogP contribution in [0.1, 0.15) is 31.7 Å². The van der Waals surface area contributed by atoms with Gasteiger partial charge in [0.2, 0.25) is 11.8 Å². The summed E-state index contributed by atoms with van der Waals surface area (Å²) in [5.41, 5.74) is 5.33. The minimum atomic E-state index is -3.53. The quantitative estimate of drug-likeness (QED) is 0.221. The third kappa shape index (κ3) is 5.35. The van der Waals surface area contributed by atoms with E-state index in [2.05, 4.69) is 20.0 Å². The number of imidazole rings is 1. The first-order valence-corrected chi connectivity index (χ1v) is 15.3. The maximum atomic E-state index is 13.3. The topological polar surface area (TPSA) is 193 Å². The van der Waals surface area contributed by atoms with Crippen molar-refractivity contribution in [2.45, 2.75) is 50.0 Å². The number of nitrogens with two attached hydrogens (primary N) is 1. The SMILES string of the molecule is COc1nc(N)nc2c1ncn2[C@@H]1OC(CO[P@]2(=O)NC(C(=O)O[C@H](C)c3ccccc3)CS2)[C@@H](O)[C@@]1(C)O. The van der Waals surface area contributed by atoms with Crippen molar-refractivity contribution < 1.29 is 38.3 Å². The van der Waals surface area contributed by atoms with Gasteiger partial charge in [-0.05, 0) is 19.4 Å². The fraction of sp³-hybridized carbons (Fsp3) is 0.478. The van der Waals surface area contributed by atoms with Gasteiger partial charge in [-0.15, -0.1) is 0 Å². The standard InChI is InChI=1S/C23H29N6O8PS/c1-12(13-7-5-4-6-8-13)36-20(31)14-10-39-38(33,28-14)35-9-15-17(30)23(2,32)21(37-15)29-11-25-16-18(29)26-22(24)27-19(16)34-3/h4-8,11-12,14-15,17,21,30,32H,9-10H2,1-3H3,(H,28,33)(H2,24,26,27)/t12-,14?,15?,17-,21-,23-,38-/m1/s1. The van der Waals surface area contributed by atoms with Gasteiger partial charge >= 0.3 is 12.7 Å². The van der Waals surface area contributed by atoms with Gasteiger partial charge in [-0.25, -0.2) is 10.1 Å². The van der Waals surface area contributed by atoms with Gasteiger partial charge in [-0.3, -0.25) is 13.9 Å². The number of benzene rings is 1. The average Bonchev–Trinajstić information content (AvgIpc) is 3.57. The molecule has 2 saturated heterocycles. The minimum Gasteiger partial charge on any atom is -0.479 e. The molecular weight excluding hydrogens is 551 g/mol. The number of aliphatic hydroxyl groups is 2. The van der Waals surface area contributed by atoms with E-state index in [9.17, 15) is 19.6 Å². The Balaban J connectivity index is 1.23. The molecule has 7 atom stereocenters. The van der Waals surface area contributed by atoms with Gasteiger partial charge in [0.1, 0.15) is 30.0 Å². The Bertz CT molecular complexity index is 1410. The summed E-state index contributed by atoms with van der Waals surface area (Å²) in [5.74, 6) is -0.310. The Morgan fingerprint density at radius 2 is 2.13 bits per heavy atom.